The number of fused-ring (bicyclic) bond motifs is 1. The average Bonchev–Trinajstić information content (AvgIpc) is 3.06. The fourth-order valence-corrected chi connectivity index (χ4v) is 4.04. The van der Waals surface area contributed by atoms with Crippen molar-refractivity contribution in [2.75, 3.05) is 32.5 Å². The maximum atomic E-state index is 12.5. The number of nitrogens with zero attached hydrogens (tertiary/aromatic N) is 3. The largest absolute Gasteiger partial charge is 0.335 e. The molecule has 0 atom stereocenters. The van der Waals surface area contributed by atoms with E-state index in [0.29, 0.717) is 6.54 Å². The molecule has 0 bridgehead atoms. The van der Waals surface area contributed by atoms with Gasteiger partial charge in [-0.3, -0.25) is 14.5 Å². The second-order valence-electron chi connectivity index (χ2n) is 7.36. The number of rotatable bonds is 7. The van der Waals surface area contributed by atoms with Crippen LogP contribution < -0.4 is 5.32 Å². The maximum absolute atomic E-state index is 12.5. The van der Waals surface area contributed by atoms with Crippen LogP contribution >= 0.6 is 11.3 Å². The Morgan fingerprint density at radius 2 is 1.83 bits per heavy atom. The molecule has 0 spiro atoms. The number of hydrogen-bond acceptors (Lipinski definition) is 5. The number of amides is 2. The van der Waals surface area contributed by atoms with Gasteiger partial charge in [0.2, 0.25) is 11.8 Å². The minimum atomic E-state index is -0.205. The summed E-state index contributed by atoms with van der Waals surface area (Å²) >= 11 is 1.63. The predicted octanol–water partition coefficient (Wildman–Crippen LogP) is 3.44. The van der Waals surface area contributed by atoms with Crippen molar-refractivity contribution in [3.8, 4) is 0 Å². The van der Waals surface area contributed by atoms with E-state index in [-0.39, 0.29) is 24.9 Å². The number of likely N-dealkylation sites (N-methyl/N-ethyl adjacent to an activating group) is 2. The number of aryl methyl sites for hydroxylation is 2. The van der Waals surface area contributed by atoms with E-state index >= 15 is 0 Å². The third-order valence-corrected chi connectivity index (χ3v) is 5.64. The smallest absolute Gasteiger partial charge is 0.243 e. The molecule has 3 aromatic rings. The van der Waals surface area contributed by atoms with Crippen molar-refractivity contribution in [1.82, 2.24) is 14.8 Å². The van der Waals surface area contributed by atoms with Crippen molar-refractivity contribution >= 4 is 39.1 Å². The Hall–Kier alpha value is -2.77. The average molecular weight is 411 g/mol. The second kappa shape index (κ2) is 9.15. The first-order valence-corrected chi connectivity index (χ1v) is 10.3. The van der Waals surface area contributed by atoms with Gasteiger partial charge >= 0.3 is 0 Å². The summed E-state index contributed by atoms with van der Waals surface area (Å²) in [6, 6.07) is 13.9. The molecule has 0 saturated heterocycles. The van der Waals surface area contributed by atoms with Gasteiger partial charge in [0.1, 0.15) is 5.01 Å². The molecular weight excluding hydrogens is 384 g/mol. The fraction of sp³-hybridized carbons (Fsp3) is 0.318. The van der Waals surface area contributed by atoms with Crippen molar-refractivity contribution in [3.63, 3.8) is 0 Å². The van der Waals surface area contributed by atoms with Gasteiger partial charge in [-0.2, -0.15) is 0 Å². The molecule has 0 fully saturated rings. The highest BCUT2D eigenvalue weighted by Gasteiger charge is 2.16. The molecule has 7 heteroatoms. The molecule has 152 valence electrons. The third-order valence-electron chi connectivity index (χ3n) is 4.62. The molecule has 2 amide bonds. The zero-order valence-electron chi connectivity index (χ0n) is 17.2. The van der Waals surface area contributed by atoms with Crippen LogP contribution in [0.4, 0.5) is 5.69 Å². The summed E-state index contributed by atoms with van der Waals surface area (Å²) in [6.07, 6.45) is 0. The van der Waals surface area contributed by atoms with Gasteiger partial charge in [0.15, 0.2) is 0 Å². The quantitative estimate of drug-likeness (QED) is 0.648. The molecule has 0 aliphatic carbocycles. The Bertz CT molecular complexity index is 998. The first kappa shape index (κ1) is 21.0. The second-order valence-corrected chi connectivity index (χ2v) is 8.48. The van der Waals surface area contributed by atoms with E-state index < -0.39 is 0 Å². The van der Waals surface area contributed by atoms with E-state index in [1.165, 1.54) is 4.90 Å². The summed E-state index contributed by atoms with van der Waals surface area (Å²) in [5, 5.41) is 3.86. The molecular formula is C22H26N4O2S. The molecule has 0 aliphatic rings. The predicted molar refractivity (Wildman–Crippen MR) is 118 cm³/mol. The number of carbonyl (C=O) groups is 2. The zero-order chi connectivity index (χ0) is 21.0. The number of carbonyl (C=O) groups excluding carboxylic acids is 2. The third kappa shape index (κ3) is 5.62. The molecule has 0 radical (unpaired) electrons. The Kier molecular flexibility index (Phi) is 6.61. The number of para-hydroxylation sites is 1. The number of anilines is 1. The van der Waals surface area contributed by atoms with E-state index in [1.54, 1.807) is 18.4 Å². The highest BCUT2D eigenvalue weighted by molar-refractivity contribution is 7.18. The minimum absolute atomic E-state index is 0.0151. The molecule has 1 heterocycles. The lowest BCUT2D eigenvalue weighted by Gasteiger charge is -2.21. The van der Waals surface area contributed by atoms with Crippen molar-refractivity contribution in [2.24, 2.45) is 0 Å². The van der Waals surface area contributed by atoms with Crippen LogP contribution in [0.1, 0.15) is 16.1 Å². The van der Waals surface area contributed by atoms with Crippen molar-refractivity contribution in [1.29, 1.82) is 0 Å². The molecule has 1 aromatic heterocycles. The van der Waals surface area contributed by atoms with E-state index in [2.05, 4.69) is 10.3 Å². The first-order valence-electron chi connectivity index (χ1n) is 9.46. The van der Waals surface area contributed by atoms with E-state index in [1.807, 2.05) is 68.3 Å². The number of thiazole rings is 1. The van der Waals surface area contributed by atoms with Crippen LogP contribution in [0.3, 0.4) is 0 Å². The van der Waals surface area contributed by atoms with Gasteiger partial charge in [0.25, 0.3) is 0 Å². The molecule has 0 saturated carbocycles. The van der Waals surface area contributed by atoms with Crippen LogP contribution in [-0.4, -0.2) is 53.8 Å². The molecule has 0 unspecified atom stereocenters. The fourth-order valence-electron chi connectivity index (χ4n) is 2.99. The van der Waals surface area contributed by atoms with Crippen molar-refractivity contribution < 1.29 is 9.59 Å². The van der Waals surface area contributed by atoms with Gasteiger partial charge in [0, 0.05) is 12.7 Å². The number of nitrogens with one attached hydrogen (secondary N) is 1. The minimum Gasteiger partial charge on any atom is -0.335 e. The van der Waals surface area contributed by atoms with Gasteiger partial charge in [0.05, 0.1) is 29.9 Å². The van der Waals surface area contributed by atoms with Crippen molar-refractivity contribution in [3.05, 3.63) is 58.6 Å². The molecule has 29 heavy (non-hydrogen) atoms. The highest BCUT2D eigenvalue weighted by atomic mass is 32.1. The lowest BCUT2D eigenvalue weighted by molar-refractivity contribution is -0.134. The van der Waals surface area contributed by atoms with Gasteiger partial charge in [-0.05, 0) is 50.2 Å². The maximum Gasteiger partial charge on any atom is 0.243 e. The summed E-state index contributed by atoms with van der Waals surface area (Å²) in [5.74, 6) is -0.312. The highest BCUT2D eigenvalue weighted by Crippen LogP contribution is 2.22. The lowest BCUT2D eigenvalue weighted by Crippen LogP contribution is -2.40. The first-order chi connectivity index (χ1) is 13.8. The van der Waals surface area contributed by atoms with Crippen molar-refractivity contribution in [2.45, 2.75) is 20.4 Å². The van der Waals surface area contributed by atoms with Crippen LogP contribution in [-0.2, 0) is 16.1 Å². The Morgan fingerprint density at radius 3 is 2.59 bits per heavy atom. The summed E-state index contributed by atoms with van der Waals surface area (Å²) in [4.78, 5) is 32.8. The monoisotopic (exact) mass is 410 g/mol. The number of aromatic nitrogens is 1. The SMILES string of the molecule is Cc1ccc(C)c(NC(=O)CN(C)C(=O)CN(C)Cc2nc3ccccc3s2)c1. The van der Waals surface area contributed by atoms with Crippen LogP contribution in [0.15, 0.2) is 42.5 Å². The summed E-state index contributed by atoms with van der Waals surface area (Å²) in [5.41, 5.74) is 3.83. The normalized spacial score (nSPS) is 11.1. The molecule has 6 nitrogen and oxygen atoms in total. The van der Waals surface area contributed by atoms with Gasteiger partial charge in [-0.15, -0.1) is 11.3 Å². The molecule has 0 aliphatic heterocycles. The molecule has 2 aromatic carbocycles. The number of benzene rings is 2. The van der Waals surface area contributed by atoms with Gasteiger partial charge in [-0.1, -0.05) is 24.3 Å². The molecule has 1 N–H and O–H groups in total. The molecule has 3 rings (SSSR count). The standard InChI is InChI=1S/C22H26N4O2S/c1-15-9-10-16(2)18(11-15)23-20(27)12-26(4)22(28)14-25(3)13-21-24-17-7-5-6-8-19(17)29-21/h5-11H,12-14H2,1-4H3,(H,23,27). The lowest BCUT2D eigenvalue weighted by atomic mass is 10.1. The van der Waals surface area contributed by atoms with Crippen LogP contribution in [0.25, 0.3) is 10.2 Å². The van der Waals surface area contributed by atoms with E-state index in [9.17, 15) is 9.59 Å². The topological polar surface area (TPSA) is 65.5 Å². The van der Waals surface area contributed by atoms with E-state index in [0.717, 1.165) is 32.0 Å². The summed E-state index contributed by atoms with van der Waals surface area (Å²) in [6.45, 7) is 4.75. The Balaban J connectivity index is 1.51. The Morgan fingerprint density at radius 1 is 1.07 bits per heavy atom. The zero-order valence-corrected chi connectivity index (χ0v) is 18.0. The van der Waals surface area contributed by atoms with Crippen LogP contribution in [0.5, 0.6) is 0 Å². The van der Waals surface area contributed by atoms with Gasteiger partial charge in [-0.25, -0.2) is 4.98 Å². The van der Waals surface area contributed by atoms with Gasteiger partial charge < -0.3 is 10.2 Å². The van der Waals surface area contributed by atoms with E-state index in [4.69, 9.17) is 0 Å². The summed E-state index contributed by atoms with van der Waals surface area (Å²) in [7, 11) is 3.53. The summed E-state index contributed by atoms with van der Waals surface area (Å²) < 4.78 is 1.14. The Labute approximate surface area is 175 Å². The number of hydrogen-bond donors (Lipinski definition) is 1. The van der Waals surface area contributed by atoms with Crippen LogP contribution in [0, 0.1) is 13.8 Å². The van der Waals surface area contributed by atoms with Crippen LogP contribution in [0.2, 0.25) is 0 Å².